The van der Waals surface area contributed by atoms with Crippen LogP contribution < -0.4 is 5.73 Å². The van der Waals surface area contributed by atoms with Gasteiger partial charge in [0.2, 0.25) is 0 Å². The average Bonchev–Trinajstić information content (AvgIpc) is 2.09. The number of aliphatic hydroxyl groups is 1. The van der Waals surface area contributed by atoms with Gasteiger partial charge in [-0.3, -0.25) is 9.97 Å². The summed E-state index contributed by atoms with van der Waals surface area (Å²) in [5, 5.41) is 9.19. The van der Waals surface area contributed by atoms with Gasteiger partial charge in [-0.15, -0.1) is 0 Å². The molecule has 0 spiro atoms. The number of aliphatic hydroxyl groups excluding tert-OH is 1. The molecule has 0 aromatic carbocycles. The fourth-order valence-corrected chi connectivity index (χ4v) is 0.849. The number of hydrogen-bond donors (Lipinski definition) is 2. The zero-order valence-electron chi connectivity index (χ0n) is 7.07. The largest absolute Gasteiger partial charge is 0.391 e. The van der Waals surface area contributed by atoms with Crippen LogP contribution in [-0.4, -0.2) is 27.7 Å². The molecule has 3 N–H and O–H groups in total. The fourth-order valence-electron chi connectivity index (χ4n) is 0.849. The molecule has 1 unspecified atom stereocenters. The van der Waals surface area contributed by atoms with E-state index in [9.17, 15) is 5.11 Å². The topological polar surface area (TPSA) is 72.0 Å². The summed E-state index contributed by atoms with van der Waals surface area (Å²) >= 11 is 0. The van der Waals surface area contributed by atoms with E-state index >= 15 is 0 Å². The Morgan fingerprint density at radius 3 is 2.75 bits per heavy atom. The Morgan fingerprint density at radius 2 is 2.25 bits per heavy atom. The Balaban J connectivity index is 2.58. The van der Waals surface area contributed by atoms with Gasteiger partial charge in [-0.25, -0.2) is 0 Å². The minimum absolute atomic E-state index is 0.259. The van der Waals surface area contributed by atoms with E-state index in [4.69, 9.17) is 5.73 Å². The Hall–Kier alpha value is -1.00. The summed E-state index contributed by atoms with van der Waals surface area (Å²) < 4.78 is 0. The maximum absolute atomic E-state index is 9.19. The Bertz CT molecular complexity index is 235. The van der Waals surface area contributed by atoms with Gasteiger partial charge in [0.1, 0.15) is 0 Å². The Labute approximate surface area is 71.5 Å². The van der Waals surface area contributed by atoms with Gasteiger partial charge in [0.25, 0.3) is 0 Å². The molecular weight excluding hydrogens is 154 g/mol. The van der Waals surface area contributed by atoms with Gasteiger partial charge in [-0.05, 0) is 6.92 Å². The van der Waals surface area contributed by atoms with Crippen LogP contribution in [0.15, 0.2) is 12.4 Å². The first-order chi connectivity index (χ1) is 5.72. The van der Waals surface area contributed by atoms with Crippen molar-refractivity contribution in [2.75, 3.05) is 6.54 Å². The highest BCUT2D eigenvalue weighted by Crippen LogP contribution is 1.97. The molecule has 12 heavy (non-hydrogen) atoms. The van der Waals surface area contributed by atoms with Crippen LogP contribution in [0.2, 0.25) is 0 Å². The molecule has 0 aliphatic rings. The van der Waals surface area contributed by atoms with E-state index < -0.39 is 6.10 Å². The maximum Gasteiger partial charge on any atom is 0.0718 e. The number of nitrogens with two attached hydrogens (primary N) is 1. The molecule has 0 bridgehead atoms. The zero-order chi connectivity index (χ0) is 8.97. The third kappa shape index (κ3) is 2.56. The van der Waals surface area contributed by atoms with E-state index in [2.05, 4.69) is 9.97 Å². The number of aromatic nitrogens is 2. The average molecular weight is 167 g/mol. The van der Waals surface area contributed by atoms with Crippen molar-refractivity contribution in [2.24, 2.45) is 5.73 Å². The number of nitrogens with zero attached hydrogens (tertiary/aromatic N) is 2. The van der Waals surface area contributed by atoms with Crippen molar-refractivity contribution in [1.82, 2.24) is 9.97 Å². The van der Waals surface area contributed by atoms with Crippen LogP contribution in [0.4, 0.5) is 0 Å². The molecule has 1 atom stereocenters. The fraction of sp³-hybridized carbons (Fsp3) is 0.500. The monoisotopic (exact) mass is 167 g/mol. The van der Waals surface area contributed by atoms with E-state index in [1.807, 2.05) is 6.92 Å². The predicted octanol–water partition coefficient (Wildman–Crippen LogP) is -0.353. The first-order valence-electron chi connectivity index (χ1n) is 3.88. The molecule has 4 heteroatoms. The second-order valence-corrected chi connectivity index (χ2v) is 2.74. The molecule has 0 fully saturated rings. The minimum Gasteiger partial charge on any atom is -0.391 e. The van der Waals surface area contributed by atoms with Crippen molar-refractivity contribution in [3.8, 4) is 0 Å². The van der Waals surface area contributed by atoms with E-state index in [-0.39, 0.29) is 6.54 Å². The molecule has 0 saturated carbocycles. The molecule has 0 aliphatic heterocycles. The van der Waals surface area contributed by atoms with Crippen LogP contribution in [0.3, 0.4) is 0 Å². The molecule has 0 saturated heterocycles. The lowest BCUT2D eigenvalue weighted by molar-refractivity contribution is 0.182. The highest BCUT2D eigenvalue weighted by molar-refractivity contribution is 5.01. The molecular formula is C8H13N3O. The summed E-state index contributed by atoms with van der Waals surface area (Å²) in [5.74, 6) is 0. The number of aryl methyl sites for hydroxylation is 1. The lowest BCUT2D eigenvalue weighted by atomic mass is 10.2. The second kappa shape index (κ2) is 4.13. The lowest BCUT2D eigenvalue weighted by Gasteiger charge is -2.05. The minimum atomic E-state index is -0.512. The standard InChI is InChI=1S/C8H13N3O/c1-6-4-11-7(5-10-6)2-8(12)3-9/h4-5,8,12H,2-3,9H2,1H3. The molecule has 0 aliphatic carbocycles. The van der Waals surface area contributed by atoms with Crippen LogP contribution in [0.1, 0.15) is 11.4 Å². The first-order valence-corrected chi connectivity index (χ1v) is 3.88. The van der Waals surface area contributed by atoms with Gasteiger partial charge < -0.3 is 10.8 Å². The van der Waals surface area contributed by atoms with Crippen LogP contribution >= 0.6 is 0 Å². The Morgan fingerprint density at radius 1 is 1.50 bits per heavy atom. The van der Waals surface area contributed by atoms with Crippen molar-refractivity contribution < 1.29 is 5.11 Å². The number of hydrogen-bond acceptors (Lipinski definition) is 4. The molecule has 0 radical (unpaired) electrons. The normalized spacial score (nSPS) is 12.9. The van der Waals surface area contributed by atoms with Gasteiger partial charge in [-0.2, -0.15) is 0 Å². The highest BCUT2D eigenvalue weighted by atomic mass is 16.3. The quantitative estimate of drug-likeness (QED) is 0.645. The Kier molecular flexibility index (Phi) is 3.13. The second-order valence-electron chi connectivity index (χ2n) is 2.74. The van der Waals surface area contributed by atoms with Gasteiger partial charge >= 0.3 is 0 Å². The van der Waals surface area contributed by atoms with Crippen molar-refractivity contribution in [2.45, 2.75) is 19.4 Å². The SMILES string of the molecule is Cc1cnc(CC(O)CN)cn1. The predicted molar refractivity (Wildman–Crippen MR) is 45.5 cm³/mol. The maximum atomic E-state index is 9.19. The van der Waals surface area contributed by atoms with E-state index in [0.717, 1.165) is 11.4 Å². The molecule has 0 amide bonds. The van der Waals surface area contributed by atoms with E-state index in [1.54, 1.807) is 12.4 Å². The smallest absolute Gasteiger partial charge is 0.0718 e. The lowest BCUT2D eigenvalue weighted by Crippen LogP contribution is -2.22. The molecule has 1 heterocycles. The van der Waals surface area contributed by atoms with Gasteiger partial charge in [0.15, 0.2) is 0 Å². The third-order valence-corrected chi connectivity index (χ3v) is 1.55. The molecule has 66 valence electrons. The van der Waals surface area contributed by atoms with Crippen molar-refractivity contribution in [1.29, 1.82) is 0 Å². The first kappa shape index (κ1) is 9.09. The van der Waals surface area contributed by atoms with Gasteiger partial charge in [0.05, 0.1) is 17.5 Å². The van der Waals surface area contributed by atoms with Crippen LogP contribution in [-0.2, 0) is 6.42 Å². The highest BCUT2D eigenvalue weighted by Gasteiger charge is 2.03. The van der Waals surface area contributed by atoms with Crippen molar-refractivity contribution >= 4 is 0 Å². The third-order valence-electron chi connectivity index (χ3n) is 1.55. The molecule has 4 nitrogen and oxygen atoms in total. The zero-order valence-corrected chi connectivity index (χ0v) is 7.07. The van der Waals surface area contributed by atoms with Crippen molar-refractivity contribution in [3.63, 3.8) is 0 Å². The van der Waals surface area contributed by atoms with Crippen LogP contribution in [0, 0.1) is 6.92 Å². The molecule has 1 rings (SSSR count). The summed E-state index contributed by atoms with van der Waals surface area (Å²) in [5.41, 5.74) is 6.90. The summed E-state index contributed by atoms with van der Waals surface area (Å²) in [6.07, 6.45) is 3.30. The number of rotatable bonds is 3. The van der Waals surface area contributed by atoms with Crippen molar-refractivity contribution in [3.05, 3.63) is 23.8 Å². The molecule has 1 aromatic rings. The van der Waals surface area contributed by atoms with Crippen LogP contribution in [0.5, 0.6) is 0 Å². The van der Waals surface area contributed by atoms with Gasteiger partial charge in [-0.1, -0.05) is 0 Å². The summed E-state index contributed by atoms with van der Waals surface area (Å²) in [6, 6.07) is 0. The summed E-state index contributed by atoms with van der Waals surface area (Å²) in [6.45, 7) is 2.13. The molecule has 1 aromatic heterocycles. The van der Waals surface area contributed by atoms with E-state index in [0.29, 0.717) is 6.42 Å². The van der Waals surface area contributed by atoms with Gasteiger partial charge in [0, 0.05) is 25.4 Å². The van der Waals surface area contributed by atoms with Crippen LogP contribution in [0.25, 0.3) is 0 Å². The van der Waals surface area contributed by atoms with E-state index in [1.165, 1.54) is 0 Å². The summed E-state index contributed by atoms with van der Waals surface area (Å²) in [7, 11) is 0. The summed E-state index contributed by atoms with van der Waals surface area (Å²) in [4.78, 5) is 8.14.